The minimum Gasteiger partial charge on any atom is -0.377 e. The third-order valence-corrected chi connectivity index (χ3v) is 6.59. The van der Waals surface area contributed by atoms with Crippen molar-refractivity contribution in [3.05, 3.63) is 27.7 Å². The normalized spacial score (nSPS) is 26.2. The molecule has 19 heavy (non-hydrogen) atoms. The van der Waals surface area contributed by atoms with E-state index in [9.17, 15) is 0 Å². The summed E-state index contributed by atoms with van der Waals surface area (Å²) in [5.41, 5.74) is 7.24. The van der Waals surface area contributed by atoms with Crippen LogP contribution >= 0.6 is 39.3 Å². The second-order valence-electron chi connectivity index (χ2n) is 5.73. The smallest absolute Gasteiger partial charge is 0.0636 e. The SMILES string of the molecule is CC1(C)CCSCC1(CN)Nc1ccc(Br)c(Cl)c1. The van der Waals surface area contributed by atoms with E-state index in [0.717, 1.165) is 20.9 Å². The van der Waals surface area contributed by atoms with Gasteiger partial charge in [0.2, 0.25) is 0 Å². The van der Waals surface area contributed by atoms with E-state index in [-0.39, 0.29) is 11.0 Å². The van der Waals surface area contributed by atoms with Crippen molar-refractivity contribution in [2.45, 2.75) is 25.8 Å². The lowest BCUT2D eigenvalue weighted by Crippen LogP contribution is -2.60. The molecule has 0 aromatic heterocycles. The van der Waals surface area contributed by atoms with Crippen molar-refractivity contribution in [1.29, 1.82) is 0 Å². The van der Waals surface area contributed by atoms with Gasteiger partial charge in [0.15, 0.2) is 0 Å². The molecule has 2 nitrogen and oxygen atoms in total. The first kappa shape index (κ1) is 15.5. The Bertz CT molecular complexity index is 467. The average Bonchev–Trinajstić information content (AvgIpc) is 2.36. The number of thioether (sulfide) groups is 1. The maximum atomic E-state index is 6.17. The van der Waals surface area contributed by atoms with Crippen molar-refractivity contribution in [3.63, 3.8) is 0 Å². The number of nitrogens with two attached hydrogens (primary N) is 1. The van der Waals surface area contributed by atoms with Crippen LogP contribution in [-0.4, -0.2) is 23.6 Å². The zero-order valence-electron chi connectivity index (χ0n) is 11.3. The Kier molecular flexibility index (Phi) is 4.76. The molecular weight excluding hydrogens is 344 g/mol. The van der Waals surface area contributed by atoms with Gasteiger partial charge in [0, 0.05) is 22.5 Å². The van der Waals surface area contributed by atoms with Crippen LogP contribution in [0.5, 0.6) is 0 Å². The summed E-state index contributed by atoms with van der Waals surface area (Å²) in [6.07, 6.45) is 1.17. The predicted molar refractivity (Wildman–Crippen MR) is 90.3 cm³/mol. The zero-order valence-corrected chi connectivity index (χ0v) is 14.5. The van der Waals surface area contributed by atoms with E-state index in [1.54, 1.807) is 0 Å². The minimum absolute atomic E-state index is 0.0763. The molecule has 1 unspecified atom stereocenters. The van der Waals surface area contributed by atoms with Crippen molar-refractivity contribution in [1.82, 2.24) is 0 Å². The Morgan fingerprint density at radius 1 is 1.47 bits per heavy atom. The molecule has 0 saturated carbocycles. The van der Waals surface area contributed by atoms with Crippen molar-refractivity contribution in [2.75, 3.05) is 23.4 Å². The first-order valence-electron chi connectivity index (χ1n) is 6.41. The molecule has 1 saturated heterocycles. The summed E-state index contributed by atoms with van der Waals surface area (Å²) in [6, 6.07) is 5.97. The van der Waals surface area contributed by atoms with E-state index in [1.807, 2.05) is 30.0 Å². The molecule has 2 rings (SSSR count). The fourth-order valence-corrected chi connectivity index (χ4v) is 4.61. The van der Waals surface area contributed by atoms with Crippen molar-refractivity contribution in [2.24, 2.45) is 11.1 Å². The molecule has 0 bridgehead atoms. The molecule has 5 heteroatoms. The lowest BCUT2D eigenvalue weighted by molar-refractivity contribution is 0.203. The summed E-state index contributed by atoms with van der Waals surface area (Å²) >= 11 is 11.6. The molecule has 106 valence electrons. The largest absolute Gasteiger partial charge is 0.377 e. The maximum Gasteiger partial charge on any atom is 0.0636 e. The van der Waals surface area contributed by atoms with Gasteiger partial charge in [0.25, 0.3) is 0 Å². The van der Waals surface area contributed by atoms with Gasteiger partial charge in [-0.15, -0.1) is 0 Å². The molecule has 1 aliphatic rings. The van der Waals surface area contributed by atoms with Crippen LogP contribution in [0.2, 0.25) is 5.02 Å². The molecule has 0 amide bonds. The summed E-state index contributed by atoms with van der Waals surface area (Å²) in [5, 5.41) is 4.37. The second-order valence-corrected chi connectivity index (χ2v) is 8.09. The first-order valence-corrected chi connectivity index (χ1v) is 8.74. The number of hydrogen-bond acceptors (Lipinski definition) is 3. The minimum atomic E-state index is -0.0763. The number of rotatable bonds is 3. The van der Waals surface area contributed by atoms with Crippen molar-refractivity contribution in [3.8, 4) is 0 Å². The van der Waals surface area contributed by atoms with Crippen molar-refractivity contribution < 1.29 is 0 Å². The molecule has 0 aliphatic carbocycles. The Morgan fingerprint density at radius 2 is 2.21 bits per heavy atom. The first-order chi connectivity index (χ1) is 8.90. The Morgan fingerprint density at radius 3 is 2.79 bits per heavy atom. The highest BCUT2D eigenvalue weighted by Crippen LogP contribution is 2.44. The van der Waals surface area contributed by atoms with Crippen LogP contribution < -0.4 is 11.1 Å². The fourth-order valence-electron chi connectivity index (χ4n) is 2.45. The van der Waals surface area contributed by atoms with Crippen molar-refractivity contribution >= 4 is 45.0 Å². The topological polar surface area (TPSA) is 38.0 Å². The molecule has 1 fully saturated rings. The number of nitrogens with one attached hydrogen (secondary N) is 1. The van der Waals surface area contributed by atoms with E-state index >= 15 is 0 Å². The Labute approximate surface area is 133 Å². The Hall–Kier alpha value is 0.1000. The summed E-state index contributed by atoms with van der Waals surface area (Å²) in [6.45, 7) is 5.22. The zero-order chi connectivity index (χ0) is 14.1. The van der Waals surface area contributed by atoms with Gasteiger partial charge in [-0.05, 0) is 51.7 Å². The third kappa shape index (κ3) is 3.07. The molecule has 1 aromatic carbocycles. The molecular formula is C14H20BrClN2S. The summed E-state index contributed by atoms with van der Waals surface area (Å²) in [7, 11) is 0. The van der Waals surface area contributed by atoms with Crippen LogP contribution in [0.1, 0.15) is 20.3 Å². The number of anilines is 1. The lowest BCUT2D eigenvalue weighted by Gasteiger charge is -2.50. The maximum absolute atomic E-state index is 6.17. The van der Waals surface area contributed by atoms with Crippen LogP contribution in [0.15, 0.2) is 22.7 Å². The van der Waals surface area contributed by atoms with E-state index in [4.69, 9.17) is 17.3 Å². The summed E-state index contributed by atoms with van der Waals surface area (Å²) < 4.78 is 0.916. The summed E-state index contributed by atoms with van der Waals surface area (Å²) in [5.74, 6) is 2.24. The van der Waals surface area contributed by atoms with Gasteiger partial charge < -0.3 is 11.1 Å². The van der Waals surface area contributed by atoms with Crippen LogP contribution in [0.3, 0.4) is 0 Å². The molecule has 3 N–H and O–H groups in total. The van der Waals surface area contributed by atoms with Gasteiger partial charge in [0.1, 0.15) is 0 Å². The van der Waals surface area contributed by atoms with E-state index in [1.165, 1.54) is 12.2 Å². The van der Waals surface area contributed by atoms with Crippen LogP contribution in [0.25, 0.3) is 0 Å². The highest BCUT2D eigenvalue weighted by molar-refractivity contribution is 9.10. The number of halogens is 2. The van der Waals surface area contributed by atoms with Gasteiger partial charge in [-0.3, -0.25) is 0 Å². The van der Waals surface area contributed by atoms with E-state index in [0.29, 0.717) is 6.54 Å². The van der Waals surface area contributed by atoms with Gasteiger partial charge in [0.05, 0.1) is 10.6 Å². The molecule has 1 atom stereocenters. The van der Waals surface area contributed by atoms with Gasteiger partial charge >= 0.3 is 0 Å². The monoisotopic (exact) mass is 362 g/mol. The van der Waals surface area contributed by atoms with Crippen LogP contribution in [0.4, 0.5) is 5.69 Å². The fraction of sp³-hybridized carbons (Fsp3) is 0.571. The highest BCUT2D eigenvalue weighted by atomic mass is 79.9. The number of hydrogen-bond donors (Lipinski definition) is 2. The van der Waals surface area contributed by atoms with Crippen LogP contribution in [-0.2, 0) is 0 Å². The van der Waals surface area contributed by atoms with E-state index < -0.39 is 0 Å². The molecule has 1 heterocycles. The van der Waals surface area contributed by atoms with Crippen LogP contribution in [0, 0.1) is 5.41 Å². The second kappa shape index (κ2) is 5.84. The Balaban J connectivity index is 2.29. The summed E-state index contributed by atoms with van der Waals surface area (Å²) in [4.78, 5) is 0. The third-order valence-electron chi connectivity index (χ3n) is 4.17. The van der Waals surface area contributed by atoms with Gasteiger partial charge in [-0.1, -0.05) is 25.4 Å². The van der Waals surface area contributed by atoms with Gasteiger partial charge in [-0.25, -0.2) is 0 Å². The van der Waals surface area contributed by atoms with E-state index in [2.05, 4.69) is 35.1 Å². The number of benzene rings is 1. The quantitative estimate of drug-likeness (QED) is 0.837. The highest BCUT2D eigenvalue weighted by Gasteiger charge is 2.46. The molecule has 1 aliphatic heterocycles. The van der Waals surface area contributed by atoms with Gasteiger partial charge in [-0.2, -0.15) is 11.8 Å². The molecule has 0 spiro atoms. The standard InChI is InChI=1S/C14H20BrClN2S/c1-13(2)5-6-19-9-14(13,8-17)18-10-3-4-11(15)12(16)7-10/h3-4,7,18H,5-6,8-9,17H2,1-2H3. The predicted octanol–water partition coefficient (Wildman–Crippen LogP) is 4.38. The average molecular weight is 364 g/mol. The molecule has 1 aromatic rings. The molecule has 0 radical (unpaired) electrons. The lowest BCUT2D eigenvalue weighted by atomic mass is 9.70.